The van der Waals surface area contributed by atoms with Gasteiger partial charge in [-0.25, -0.2) is 4.98 Å². The Labute approximate surface area is 198 Å². The van der Waals surface area contributed by atoms with E-state index >= 15 is 0 Å². The van der Waals surface area contributed by atoms with Crippen LogP contribution in [-0.2, 0) is 4.79 Å². The quantitative estimate of drug-likeness (QED) is 0.293. The second-order valence-corrected chi connectivity index (χ2v) is 8.76. The van der Waals surface area contributed by atoms with Crippen LogP contribution in [0.4, 0.5) is 5.69 Å². The maximum Gasteiger partial charge on any atom is 0.277 e. The third-order valence-corrected chi connectivity index (χ3v) is 5.97. The van der Waals surface area contributed by atoms with Crippen molar-refractivity contribution in [1.29, 1.82) is 0 Å². The summed E-state index contributed by atoms with van der Waals surface area (Å²) in [7, 11) is 0. The molecule has 1 amide bonds. The van der Waals surface area contributed by atoms with Crippen LogP contribution in [0, 0.1) is 6.92 Å². The summed E-state index contributed by atoms with van der Waals surface area (Å²) in [5, 5.41) is 11.9. The molecule has 0 bridgehead atoms. The first kappa shape index (κ1) is 21.2. The van der Waals surface area contributed by atoms with Gasteiger partial charge < -0.3 is 14.7 Å². The molecule has 9 heteroatoms. The number of benzene rings is 3. The summed E-state index contributed by atoms with van der Waals surface area (Å²) in [6, 6.07) is 20.8. The number of nitrogens with one attached hydrogen (secondary N) is 2. The van der Waals surface area contributed by atoms with Gasteiger partial charge in [0.1, 0.15) is 5.82 Å². The highest BCUT2D eigenvalue weighted by atomic mass is 35.5. The molecular weight excluding hydrogens is 458 g/mol. The molecule has 0 saturated carbocycles. The molecule has 0 atom stereocenters. The van der Waals surface area contributed by atoms with Crippen LogP contribution in [0.15, 0.2) is 76.4 Å². The van der Waals surface area contributed by atoms with Crippen molar-refractivity contribution in [3.05, 3.63) is 77.3 Å². The summed E-state index contributed by atoms with van der Waals surface area (Å²) in [6.07, 6.45) is 0. The maximum atomic E-state index is 12.1. The van der Waals surface area contributed by atoms with Gasteiger partial charge in [0.05, 0.1) is 16.8 Å². The van der Waals surface area contributed by atoms with Crippen LogP contribution >= 0.6 is 23.4 Å². The summed E-state index contributed by atoms with van der Waals surface area (Å²) in [5.74, 6) is 1.17. The monoisotopic (exact) mass is 475 g/mol. The molecule has 0 spiro atoms. The highest BCUT2D eigenvalue weighted by molar-refractivity contribution is 7.99. The van der Waals surface area contributed by atoms with E-state index in [-0.39, 0.29) is 11.7 Å². The number of amides is 1. The number of halogens is 1. The maximum absolute atomic E-state index is 12.1. The molecule has 7 nitrogen and oxygen atoms in total. The van der Waals surface area contributed by atoms with Crippen molar-refractivity contribution in [2.75, 3.05) is 11.1 Å². The molecule has 2 heterocycles. The molecule has 2 N–H and O–H groups in total. The Balaban J connectivity index is 1.22. The third-order valence-electron chi connectivity index (χ3n) is 4.90. The van der Waals surface area contributed by atoms with Gasteiger partial charge in [-0.15, -0.1) is 10.2 Å². The van der Waals surface area contributed by atoms with Crippen LogP contribution in [0.1, 0.15) is 5.56 Å². The first-order valence-electron chi connectivity index (χ1n) is 10.1. The lowest BCUT2D eigenvalue weighted by molar-refractivity contribution is -0.113. The van der Waals surface area contributed by atoms with Crippen LogP contribution in [0.25, 0.3) is 33.9 Å². The SMILES string of the molecule is Cc1ccc2nc(-c3ccc(-c4nnc(SCC(=O)Nc5ccc(Cl)cc5)o4)cc3)[nH]c2c1. The molecule has 0 aliphatic heterocycles. The lowest BCUT2D eigenvalue weighted by Crippen LogP contribution is -2.13. The van der Waals surface area contributed by atoms with Crippen LogP contribution in [0.3, 0.4) is 0 Å². The molecular formula is C24H18ClN5O2S. The van der Waals surface area contributed by atoms with Gasteiger partial charge in [0.25, 0.3) is 5.22 Å². The molecule has 5 aromatic rings. The zero-order chi connectivity index (χ0) is 22.8. The minimum absolute atomic E-state index is 0.148. The molecule has 0 radical (unpaired) electrons. The van der Waals surface area contributed by atoms with Crippen molar-refractivity contribution in [3.8, 4) is 22.8 Å². The number of nitrogens with zero attached hydrogens (tertiary/aromatic N) is 3. The molecule has 0 saturated heterocycles. The first-order valence-corrected chi connectivity index (χ1v) is 11.5. The van der Waals surface area contributed by atoms with Gasteiger partial charge >= 0.3 is 0 Å². The van der Waals surface area contributed by atoms with Gasteiger partial charge in [0, 0.05) is 21.8 Å². The standard InChI is InChI=1S/C24H18ClN5O2S/c1-14-2-11-19-20(12-14)28-22(27-19)15-3-5-16(6-4-15)23-29-30-24(32-23)33-13-21(31)26-18-9-7-17(25)8-10-18/h2-12H,13H2,1H3,(H,26,31)(H,27,28). The van der Waals surface area contributed by atoms with E-state index in [1.165, 1.54) is 17.3 Å². The van der Waals surface area contributed by atoms with Crippen LogP contribution < -0.4 is 5.32 Å². The van der Waals surface area contributed by atoms with Crippen molar-refractivity contribution in [1.82, 2.24) is 20.2 Å². The molecule has 0 aliphatic rings. The fraction of sp³-hybridized carbons (Fsp3) is 0.0833. The number of carbonyl (C=O) groups is 1. The van der Waals surface area contributed by atoms with Crippen LogP contribution in [0.5, 0.6) is 0 Å². The number of aryl methyl sites for hydroxylation is 1. The molecule has 5 rings (SSSR count). The van der Waals surface area contributed by atoms with E-state index in [2.05, 4.69) is 38.5 Å². The van der Waals surface area contributed by atoms with E-state index in [4.69, 9.17) is 16.0 Å². The number of imidazole rings is 1. The van der Waals surface area contributed by atoms with Gasteiger partial charge in [-0.05, 0) is 61.0 Å². The van der Waals surface area contributed by atoms with Crippen molar-refractivity contribution in [3.63, 3.8) is 0 Å². The van der Waals surface area contributed by atoms with Gasteiger partial charge in [-0.3, -0.25) is 4.79 Å². The Morgan fingerprint density at radius 2 is 1.79 bits per heavy atom. The molecule has 2 aromatic heterocycles. The lowest BCUT2D eigenvalue weighted by atomic mass is 10.1. The lowest BCUT2D eigenvalue weighted by Gasteiger charge is -2.03. The highest BCUT2D eigenvalue weighted by Crippen LogP contribution is 2.27. The average molecular weight is 476 g/mol. The fourth-order valence-electron chi connectivity index (χ4n) is 3.27. The molecule has 3 aromatic carbocycles. The number of H-pyrrole nitrogens is 1. The van der Waals surface area contributed by atoms with Gasteiger partial charge in [0.2, 0.25) is 11.8 Å². The smallest absolute Gasteiger partial charge is 0.277 e. The van der Waals surface area contributed by atoms with E-state index in [1.807, 2.05) is 36.4 Å². The van der Waals surface area contributed by atoms with Crippen molar-refractivity contribution < 1.29 is 9.21 Å². The molecule has 0 aliphatic carbocycles. The number of aromatic nitrogens is 4. The number of fused-ring (bicyclic) bond motifs is 1. The summed E-state index contributed by atoms with van der Waals surface area (Å²) in [6.45, 7) is 2.05. The Morgan fingerprint density at radius 1 is 1.03 bits per heavy atom. The Morgan fingerprint density at radius 3 is 2.58 bits per heavy atom. The summed E-state index contributed by atoms with van der Waals surface area (Å²) in [5.41, 5.74) is 5.54. The summed E-state index contributed by atoms with van der Waals surface area (Å²) < 4.78 is 5.71. The second kappa shape index (κ2) is 9.09. The third kappa shape index (κ3) is 4.92. The zero-order valence-corrected chi connectivity index (χ0v) is 19.1. The molecule has 0 unspecified atom stereocenters. The largest absolute Gasteiger partial charge is 0.411 e. The molecule has 33 heavy (non-hydrogen) atoms. The number of carbonyl (C=O) groups excluding carboxylic acids is 1. The number of anilines is 1. The number of hydrogen-bond acceptors (Lipinski definition) is 6. The van der Waals surface area contributed by atoms with Gasteiger partial charge in [0.15, 0.2) is 0 Å². The number of thioether (sulfide) groups is 1. The summed E-state index contributed by atoms with van der Waals surface area (Å²) in [4.78, 5) is 20.1. The predicted octanol–water partition coefficient (Wildman–Crippen LogP) is 5.97. The van der Waals surface area contributed by atoms with E-state index in [1.54, 1.807) is 24.3 Å². The van der Waals surface area contributed by atoms with Crippen molar-refractivity contribution in [2.45, 2.75) is 12.1 Å². The van der Waals surface area contributed by atoms with E-state index < -0.39 is 0 Å². The topological polar surface area (TPSA) is 96.7 Å². The average Bonchev–Trinajstić information content (AvgIpc) is 3.46. The van der Waals surface area contributed by atoms with Gasteiger partial charge in [-0.1, -0.05) is 41.6 Å². The number of aromatic amines is 1. The van der Waals surface area contributed by atoms with Crippen molar-refractivity contribution >= 4 is 46.0 Å². The predicted molar refractivity (Wildman–Crippen MR) is 130 cm³/mol. The van der Waals surface area contributed by atoms with Crippen molar-refractivity contribution in [2.24, 2.45) is 0 Å². The first-order chi connectivity index (χ1) is 16.0. The normalized spacial score (nSPS) is 11.1. The number of rotatable bonds is 6. The molecule has 0 fully saturated rings. The Kier molecular flexibility index (Phi) is 5.85. The van der Waals surface area contributed by atoms with Gasteiger partial charge in [-0.2, -0.15) is 0 Å². The highest BCUT2D eigenvalue weighted by Gasteiger charge is 2.12. The fourth-order valence-corrected chi connectivity index (χ4v) is 3.96. The minimum atomic E-state index is -0.174. The number of hydrogen-bond donors (Lipinski definition) is 2. The van der Waals surface area contributed by atoms with Crippen LogP contribution in [0.2, 0.25) is 5.02 Å². The molecule has 164 valence electrons. The zero-order valence-electron chi connectivity index (χ0n) is 17.5. The minimum Gasteiger partial charge on any atom is -0.411 e. The van der Waals surface area contributed by atoms with E-state index in [9.17, 15) is 4.79 Å². The second-order valence-electron chi connectivity index (χ2n) is 7.40. The van der Waals surface area contributed by atoms with E-state index in [0.717, 1.165) is 28.0 Å². The van der Waals surface area contributed by atoms with E-state index in [0.29, 0.717) is 21.8 Å². The Bertz CT molecular complexity index is 1430. The Hall–Kier alpha value is -3.62. The summed E-state index contributed by atoms with van der Waals surface area (Å²) >= 11 is 7.03. The van der Waals surface area contributed by atoms with Crippen LogP contribution in [-0.4, -0.2) is 31.8 Å².